The van der Waals surface area contributed by atoms with E-state index in [0.29, 0.717) is 23.7 Å². The molecule has 0 atom stereocenters. The highest BCUT2D eigenvalue weighted by atomic mass is 32.2. The van der Waals surface area contributed by atoms with Gasteiger partial charge in [0.1, 0.15) is 5.75 Å². The number of alkyl halides is 3. The predicted octanol–water partition coefficient (Wildman–Crippen LogP) is 4.27. The molecular weight excluding hydrogens is 447 g/mol. The van der Waals surface area contributed by atoms with Crippen molar-refractivity contribution in [2.24, 2.45) is 0 Å². The van der Waals surface area contributed by atoms with Gasteiger partial charge in [0, 0.05) is 24.1 Å². The number of aromatic nitrogens is 4. The minimum Gasteiger partial charge on any atom is -0.438 e. The molecule has 32 heavy (non-hydrogen) atoms. The van der Waals surface area contributed by atoms with Gasteiger partial charge in [-0.1, -0.05) is 0 Å². The van der Waals surface area contributed by atoms with Crippen LogP contribution in [-0.4, -0.2) is 28.4 Å². The second-order valence-electron chi connectivity index (χ2n) is 6.43. The van der Waals surface area contributed by atoms with Crippen LogP contribution in [0, 0.1) is 0 Å². The summed E-state index contributed by atoms with van der Waals surface area (Å²) in [5, 5.41) is 12.0. The lowest BCUT2D eigenvalue weighted by atomic mass is 10.2. The molecule has 4 aromatic rings. The topological polar surface area (TPSA) is 99.0 Å². The summed E-state index contributed by atoms with van der Waals surface area (Å²) in [6.45, 7) is 0. The van der Waals surface area contributed by atoms with Gasteiger partial charge in [0.05, 0.1) is 10.5 Å². The number of hydrogen-bond acceptors (Lipinski definition) is 6. The third-order valence-corrected chi connectivity index (χ3v) is 5.58. The van der Waals surface area contributed by atoms with E-state index >= 15 is 0 Å². The molecule has 12 heteroatoms. The van der Waals surface area contributed by atoms with Crippen molar-refractivity contribution in [3.8, 4) is 17.4 Å². The van der Waals surface area contributed by atoms with Crippen LogP contribution in [0.5, 0.6) is 11.6 Å². The minimum absolute atomic E-state index is 0.206. The van der Waals surface area contributed by atoms with Crippen molar-refractivity contribution >= 4 is 15.7 Å². The lowest BCUT2D eigenvalue weighted by molar-refractivity contribution is -0.137. The van der Waals surface area contributed by atoms with Gasteiger partial charge in [-0.05, 0) is 60.7 Å². The second kappa shape index (κ2) is 8.30. The van der Waals surface area contributed by atoms with Crippen molar-refractivity contribution in [2.45, 2.75) is 11.1 Å². The fourth-order valence-electron chi connectivity index (χ4n) is 2.64. The Morgan fingerprint density at radius 3 is 2.19 bits per heavy atom. The van der Waals surface area contributed by atoms with Gasteiger partial charge in [-0.3, -0.25) is 4.72 Å². The summed E-state index contributed by atoms with van der Waals surface area (Å²) in [5.74, 6) is 1.11. The maximum Gasteiger partial charge on any atom is 0.416 e. The Balaban J connectivity index is 1.42. The zero-order valence-electron chi connectivity index (χ0n) is 16.1. The summed E-state index contributed by atoms with van der Waals surface area (Å²) >= 11 is 0. The smallest absolute Gasteiger partial charge is 0.416 e. The lowest BCUT2D eigenvalue weighted by Gasteiger charge is -2.11. The van der Waals surface area contributed by atoms with Crippen LogP contribution in [0.15, 0.2) is 84.0 Å². The fourth-order valence-corrected chi connectivity index (χ4v) is 3.70. The Labute approximate surface area is 180 Å². The van der Waals surface area contributed by atoms with E-state index in [1.165, 1.54) is 28.9 Å². The second-order valence-corrected chi connectivity index (χ2v) is 8.12. The zero-order valence-corrected chi connectivity index (χ0v) is 16.9. The Morgan fingerprint density at radius 2 is 1.62 bits per heavy atom. The van der Waals surface area contributed by atoms with E-state index in [1.807, 2.05) is 0 Å². The largest absolute Gasteiger partial charge is 0.438 e. The lowest BCUT2D eigenvalue weighted by Crippen LogP contribution is -2.13. The van der Waals surface area contributed by atoms with Crippen LogP contribution in [-0.2, 0) is 16.2 Å². The van der Waals surface area contributed by atoms with Gasteiger partial charge >= 0.3 is 6.18 Å². The molecule has 4 rings (SSSR count). The maximum atomic E-state index is 12.7. The van der Waals surface area contributed by atoms with Gasteiger partial charge in [0.15, 0.2) is 5.82 Å². The van der Waals surface area contributed by atoms with Crippen LogP contribution in [0.3, 0.4) is 0 Å². The Morgan fingerprint density at radius 1 is 0.906 bits per heavy atom. The summed E-state index contributed by atoms with van der Waals surface area (Å²) in [6.07, 6.45) is -1.22. The number of benzene rings is 2. The van der Waals surface area contributed by atoms with Crippen LogP contribution in [0.4, 0.5) is 18.9 Å². The molecule has 0 bridgehead atoms. The fraction of sp³-hybridized carbons (Fsp3) is 0.0500. The summed E-state index contributed by atoms with van der Waals surface area (Å²) in [7, 11) is -4.06. The highest BCUT2D eigenvalue weighted by Crippen LogP contribution is 2.30. The first-order valence-corrected chi connectivity index (χ1v) is 10.5. The van der Waals surface area contributed by atoms with E-state index in [1.54, 1.807) is 30.6 Å². The highest BCUT2D eigenvalue weighted by molar-refractivity contribution is 7.92. The van der Waals surface area contributed by atoms with Gasteiger partial charge in [0.2, 0.25) is 5.88 Å². The maximum absolute atomic E-state index is 12.7. The highest BCUT2D eigenvalue weighted by Gasteiger charge is 2.30. The number of halogens is 3. The van der Waals surface area contributed by atoms with E-state index in [2.05, 4.69) is 20.0 Å². The standard InChI is InChI=1S/C20H14F3N5O3S/c21-20(22,23)14-2-8-17(9-3-14)32(29,30)27-15-4-6-16(7-5-15)31-19-11-10-18(25-26-19)28-13-1-12-24-28/h1-13,27H. The van der Waals surface area contributed by atoms with E-state index in [-0.39, 0.29) is 16.5 Å². The van der Waals surface area contributed by atoms with Crippen LogP contribution >= 0.6 is 0 Å². The van der Waals surface area contributed by atoms with Gasteiger partial charge in [-0.15, -0.1) is 10.2 Å². The van der Waals surface area contributed by atoms with Crippen molar-refractivity contribution in [1.29, 1.82) is 0 Å². The van der Waals surface area contributed by atoms with Crippen LogP contribution in [0.2, 0.25) is 0 Å². The van der Waals surface area contributed by atoms with Gasteiger partial charge in [-0.2, -0.15) is 18.3 Å². The van der Waals surface area contributed by atoms with Crippen molar-refractivity contribution in [3.05, 3.63) is 84.7 Å². The van der Waals surface area contributed by atoms with E-state index in [4.69, 9.17) is 4.74 Å². The number of nitrogens with one attached hydrogen (secondary N) is 1. The number of sulfonamides is 1. The number of hydrogen-bond donors (Lipinski definition) is 1. The molecule has 0 aliphatic carbocycles. The van der Waals surface area contributed by atoms with Gasteiger partial charge < -0.3 is 4.74 Å². The number of nitrogens with zero attached hydrogens (tertiary/aromatic N) is 4. The summed E-state index contributed by atoms with van der Waals surface area (Å²) in [6, 6.07) is 14.1. The average molecular weight is 461 g/mol. The van der Waals surface area contributed by atoms with Gasteiger partial charge in [0.25, 0.3) is 10.0 Å². The average Bonchev–Trinajstić information content (AvgIpc) is 3.30. The van der Waals surface area contributed by atoms with E-state index in [9.17, 15) is 21.6 Å². The van der Waals surface area contributed by atoms with Crippen molar-refractivity contribution in [3.63, 3.8) is 0 Å². The Hall–Kier alpha value is -3.93. The molecule has 0 radical (unpaired) electrons. The third-order valence-electron chi connectivity index (χ3n) is 4.19. The molecule has 0 saturated carbocycles. The number of rotatable bonds is 6. The van der Waals surface area contributed by atoms with Crippen LogP contribution in [0.25, 0.3) is 5.82 Å². The molecule has 0 aliphatic heterocycles. The van der Waals surface area contributed by atoms with Crippen molar-refractivity contribution in [2.75, 3.05) is 4.72 Å². The molecule has 2 aromatic carbocycles. The molecule has 0 spiro atoms. The van der Waals surface area contributed by atoms with Crippen molar-refractivity contribution < 1.29 is 26.3 Å². The Bertz CT molecular complexity index is 1290. The first-order chi connectivity index (χ1) is 15.2. The van der Waals surface area contributed by atoms with Crippen molar-refractivity contribution in [1.82, 2.24) is 20.0 Å². The number of ether oxygens (including phenoxy) is 1. The monoisotopic (exact) mass is 461 g/mol. The molecule has 1 N–H and O–H groups in total. The zero-order chi connectivity index (χ0) is 22.8. The summed E-state index contributed by atoms with van der Waals surface area (Å²) < 4.78 is 72.2. The predicted molar refractivity (Wildman–Crippen MR) is 108 cm³/mol. The molecule has 0 amide bonds. The summed E-state index contributed by atoms with van der Waals surface area (Å²) in [5.41, 5.74) is -0.726. The molecule has 0 saturated heterocycles. The molecule has 0 fully saturated rings. The minimum atomic E-state index is -4.55. The normalized spacial score (nSPS) is 11.8. The first-order valence-electron chi connectivity index (χ1n) is 9.02. The molecule has 2 aromatic heterocycles. The van der Waals surface area contributed by atoms with E-state index < -0.39 is 21.8 Å². The molecule has 0 aliphatic rings. The SMILES string of the molecule is O=S(=O)(Nc1ccc(Oc2ccc(-n3cccn3)nn2)cc1)c1ccc(C(F)(F)F)cc1. The quantitative estimate of drug-likeness (QED) is 0.460. The molecule has 8 nitrogen and oxygen atoms in total. The van der Waals surface area contributed by atoms with E-state index in [0.717, 1.165) is 12.1 Å². The Kier molecular flexibility index (Phi) is 5.53. The summed E-state index contributed by atoms with van der Waals surface area (Å²) in [4.78, 5) is -0.293. The van der Waals surface area contributed by atoms with Crippen LogP contribution < -0.4 is 9.46 Å². The first kappa shape index (κ1) is 21.3. The van der Waals surface area contributed by atoms with Gasteiger partial charge in [-0.25, -0.2) is 13.1 Å². The molecule has 0 unspecified atom stereocenters. The number of anilines is 1. The molecule has 164 valence electrons. The molecular formula is C20H14F3N5O3S. The third kappa shape index (κ3) is 4.86. The molecule has 2 heterocycles. The van der Waals surface area contributed by atoms with Crippen LogP contribution in [0.1, 0.15) is 5.56 Å².